The number of amides is 1. The van der Waals surface area contributed by atoms with Crippen molar-refractivity contribution in [3.05, 3.63) is 35.9 Å². The summed E-state index contributed by atoms with van der Waals surface area (Å²) < 4.78 is 5.32. The fourth-order valence-electron chi connectivity index (χ4n) is 2.75. The molecule has 0 aliphatic heterocycles. The van der Waals surface area contributed by atoms with E-state index < -0.39 is 17.8 Å². The maximum absolute atomic E-state index is 12.0. The number of aliphatic hydroxyl groups is 1. The normalized spacial score (nSPS) is 15.5. The van der Waals surface area contributed by atoms with E-state index in [2.05, 4.69) is 19.2 Å². The Bertz CT molecular complexity index is 511. The molecule has 0 unspecified atom stereocenters. The molecule has 0 fully saturated rings. The van der Waals surface area contributed by atoms with Crippen molar-refractivity contribution >= 4 is 6.09 Å². The number of ether oxygens (including phenoxy) is 1. The average Bonchev–Trinajstić information content (AvgIpc) is 2.45. The first-order valence-corrected chi connectivity index (χ1v) is 9.04. The Balaban J connectivity index is 2.61. The number of hydrogen-bond donors (Lipinski definition) is 3. The van der Waals surface area contributed by atoms with Gasteiger partial charge in [-0.25, -0.2) is 4.79 Å². The van der Waals surface area contributed by atoms with Gasteiger partial charge in [-0.3, -0.25) is 0 Å². The molecule has 3 atom stereocenters. The third-order valence-electron chi connectivity index (χ3n) is 3.81. The summed E-state index contributed by atoms with van der Waals surface area (Å²) in [7, 11) is 0. The van der Waals surface area contributed by atoms with Crippen molar-refractivity contribution in [2.45, 2.75) is 77.7 Å². The summed E-state index contributed by atoms with van der Waals surface area (Å²) in [5.74, 6) is 0.387. The highest BCUT2D eigenvalue weighted by atomic mass is 16.6. The molecule has 1 amide bonds. The van der Waals surface area contributed by atoms with Crippen LogP contribution >= 0.6 is 0 Å². The van der Waals surface area contributed by atoms with Crippen LogP contribution in [0.15, 0.2) is 30.3 Å². The van der Waals surface area contributed by atoms with Crippen LogP contribution in [-0.4, -0.2) is 35.0 Å². The molecule has 4 N–H and O–H groups in total. The number of nitrogens with two attached hydrogens (primary N) is 1. The van der Waals surface area contributed by atoms with Gasteiger partial charge in [-0.05, 0) is 51.5 Å². The maximum Gasteiger partial charge on any atom is 0.407 e. The van der Waals surface area contributed by atoms with Gasteiger partial charge in [-0.1, -0.05) is 44.2 Å². The molecular formula is C20H34N2O3. The fraction of sp³-hybridized carbons (Fsp3) is 0.650. The van der Waals surface area contributed by atoms with Gasteiger partial charge in [-0.2, -0.15) is 0 Å². The van der Waals surface area contributed by atoms with Crippen LogP contribution in [0.2, 0.25) is 0 Å². The van der Waals surface area contributed by atoms with Gasteiger partial charge in [0, 0.05) is 12.1 Å². The lowest BCUT2D eigenvalue weighted by molar-refractivity contribution is 0.0465. The van der Waals surface area contributed by atoms with Crippen LogP contribution in [0.3, 0.4) is 0 Å². The SMILES string of the molecule is CC(C)C[C@@H](C[C@H](O)[C@@H](N)Cc1ccccc1)NC(=O)OC(C)(C)C. The number of nitrogens with one attached hydrogen (secondary N) is 1. The molecular weight excluding hydrogens is 316 g/mol. The standard InChI is InChI=1S/C20H34N2O3/c1-14(2)11-16(22-19(24)25-20(3,4)5)13-18(23)17(21)12-15-9-7-6-8-10-15/h6-10,14,16-18,23H,11-13,21H2,1-5H3,(H,22,24)/t16-,17-,18-/m0/s1. The molecule has 0 spiro atoms. The van der Waals surface area contributed by atoms with Gasteiger partial charge < -0.3 is 20.9 Å². The van der Waals surface area contributed by atoms with E-state index in [0.717, 1.165) is 12.0 Å². The zero-order valence-electron chi connectivity index (χ0n) is 16.2. The van der Waals surface area contributed by atoms with E-state index in [1.807, 2.05) is 51.1 Å². The average molecular weight is 351 g/mol. The van der Waals surface area contributed by atoms with Gasteiger partial charge in [0.05, 0.1) is 6.10 Å². The van der Waals surface area contributed by atoms with Gasteiger partial charge in [-0.15, -0.1) is 0 Å². The van der Waals surface area contributed by atoms with E-state index >= 15 is 0 Å². The second-order valence-electron chi connectivity index (χ2n) is 8.13. The van der Waals surface area contributed by atoms with Crippen molar-refractivity contribution in [2.75, 3.05) is 0 Å². The maximum atomic E-state index is 12.0. The number of benzene rings is 1. The number of carbonyl (C=O) groups is 1. The summed E-state index contributed by atoms with van der Waals surface area (Å²) in [5.41, 5.74) is 6.71. The van der Waals surface area contributed by atoms with E-state index in [9.17, 15) is 9.90 Å². The largest absolute Gasteiger partial charge is 0.444 e. The first kappa shape index (κ1) is 21.5. The highest BCUT2D eigenvalue weighted by molar-refractivity contribution is 5.68. The molecule has 0 aromatic heterocycles. The number of alkyl carbamates (subject to hydrolysis) is 1. The Kier molecular flexibility index (Phi) is 8.39. The molecule has 1 aromatic rings. The van der Waals surface area contributed by atoms with Crippen molar-refractivity contribution < 1.29 is 14.6 Å². The minimum absolute atomic E-state index is 0.174. The van der Waals surface area contributed by atoms with Gasteiger partial charge >= 0.3 is 6.09 Å². The van der Waals surface area contributed by atoms with E-state index in [1.54, 1.807) is 0 Å². The van der Waals surface area contributed by atoms with Gasteiger partial charge in [0.15, 0.2) is 0 Å². The van der Waals surface area contributed by atoms with Gasteiger partial charge in [0.1, 0.15) is 5.60 Å². The van der Waals surface area contributed by atoms with Crippen LogP contribution in [0.4, 0.5) is 4.79 Å². The minimum atomic E-state index is -0.695. The predicted molar refractivity (Wildman–Crippen MR) is 101 cm³/mol. The van der Waals surface area contributed by atoms with Crippen molar-refractivity contribution in [3.63, 3.8) is 0 Å². The number of rotatable bonds is 8. The lowest BCUT2D eigenvalue weighted by Gasteiger charge is -2.28. The molecule has 1 aromatic carbocycles. The van der Waals surface area contributed by atoms with Crippen LogP contribution in [-0.2, 0) is 11.2 Å². The van der Waals surface area contributed by atoms with E-state index in [4.69, 9.17) is 10.5 Å². The highest BCUT2D eigenvalue weighted by Crippen LogP contribution is 2.15. The van der Waals surface area contributed by atoms with Gasteiger partial charge in [0.2, 0.25) is 0 Å². The third-order valence-corrected chi connectivity index (χ3v) is 3.81. The molecule has 0 saturated carbocycles. The lowest BCUT2D eigenvalue weighted by Crippen LogP contribution is -2.45. The zero-order chi connectivity index (χ0) is 19.0. The molecule has 0 heterocycles. The molecule has 0 radical (unpaired) electrons. The molecule has 5 nitrogen and oxygen atoms in total. The molecule has 5 heteroatoms. The van der Waals surface area contributed by atoms with E-state index in [0.29, 0.717) is 18.8 Å². The summed E-state index contributed by atoms with van der Waals surface area (Å²) in [5, 5.41) is 13.4. The third kappa shape index (κ3) is 9.46. The summed E-state index contributed by atoms with van der Waals surface area (Å²) in [6, 6.07) is 9.31. The highest BCUT2D eigenvalue weighted by Gasteiger charge is 2.24. The van der Waals surface area contributed by atoms with E-state index in [-0.39, 0.29) is 12.1 Å². The second kappa shape index (κ2) is 9.78. The second-order valence-corrected chi connectivity index (χ2v) is 8.13. The van der Waals surface area contributed by atoms with Crippen LogP contribution in [0.5, 0.6) is 0 Å². The van der Waals surface area contributed by atoms with Crippen LogP contribution in [0.1, 0.15) is 53.0 Å². The summed E-state index contributed by atoms with van der Waals surface area (Å²) in [4.78, 5) is 12.0. The lowest BCUT2D eigenvalue weighted by atomic mass is 9.93. The fourth-order valence-corrected chi connectivity index (χ4v) is 2.75. The van der Waals surface area contributed by atoms with Gasteiger partial charge in [0.25, 0.3) is 0 Å². The monoisotopic (exact) mass is 350 g/mol. The Hall–Kier alpha value is -1.59. The summed E-state index contributed by atoms with van der Waals surface area (Å²) >= 11 is 0. The first-order valence-electron chi connectivity index (χ1n) is 9.04. The summed E-state index contributed by atoms with van der Waals surface area (Å²) in [6.45, 7) is 9.65. The smallest absolute Gasteiger partial charge is 0.407 e. The molecule has 0 bridgehead atoms. The van der Waals surface area contributed by atoms with Crippen molar-refractivity contribution in [1.29, 1.82) is 0 Å². The van der Waals surface area contributed by atoms with Crippen LogP contribution in [0.25, 0.3) is 0 Å². The van der Waals surface area contributed by atoms with Crippen molar-refractivity contribution in [1.82, 2.24) is 5.32 Å². The zero-order valence-corrected chi connectivity index (χ0v) is 16.2. The predicted octanol–water partition coefficient (Wildman–Crippen LogP) is 3.25. The van der Waals surface area contributed by atoms with Crippen molar-refractivity contribution in [3.8, 4) is 0 Å². The summed E-state index contributed by atoms with van der Waals surface area (Å²) in [6.07, 6.45) is 0.615. The minimum Gasteiger partial charge on any atom is -0.444 e. The van der Waals surface area contributed by atoms with Crippen molar-refractivity contribution in [2.24, 2.45) is 11.7 Å². The molecule has 142 valence electrons. The Morgan fingerprint density at radius 1 is 1.20 bits per heavy atom. The molecule has 0 saturated heterocycles. The Morgan fingerprint density at radius 3 is 2.32 bits per heavy atom. The number of hydrogen-bond acceptors (Lipinski definition) is 4. The van der Waals surface area contributed by atoms with Crippen LogP contribution in [0, 0.1) is 5.92 Å². The number of carbonyl (C=O) groups excluding carboxylic acids is 1. The molecule has 1 rings (SSSR count). The topological polar surface area (TPSA) is 84.6 Å². The first-order chi connectivity index (χ1) is 11.6. The molecule has 0 aliphatic carbocycles. The number of aliphatic hydroxyl groups excluding tert-OH is 1. The van der Waals surface area contributed by atoms with E-state index in [1.165, 1.54) is 0 Å². The Labute approximate surface area is 151 Å². The quantitative estimate of drug-likeness (QED) is 0.672. The molecule has 0 aliphatic rings. The molecule has 25 heavy (non-hydrogen) atoms. The van der Waals surface area contributed by atoms with Crippen LogP contribution < -0.4 is 11.1 Å². The Morgan fingerprint density at radius 2 is 1.80 bits per heavy atom.